The van der Waals surface area contributed by atoms with Crippen LogP contribution in [0, 0.1) is 0 Å². The number of hydrogen-bond donors (Lipinski definition) is 2. The van der Waals surface area contributed by atoms with E-state index in [-0.39, 0.29) is 5.78 Å². The number of ketones is 1. The number of rotatable bonds is 3. The second-order valence-electron chi connectivity index (χ2n) is 5.75. The minimum atomic E-state index is -1.08. The molecule has 1 unspecified atom stereocenters. The summed E-state index contributed by atoms with van der Waals surface area (Å²) in [5.74, 6) is -0.271. The van der Waals surface area contributed by atoms with Crippen LogP contribution in [0.4, 0.5) is 0 Å². The van der Waals surface area contributed by atoms with Crippen molar-refractivity contribution in [3.05, 3.63) is 71.8 Å². The Kier molecular flexibility index (Phi) is 6.92. The molecule has 0 radical (unpaired) electrons. The Balaban J connectivity index is 0.000000346. The molecular formula is C18H22O4. The Morgan fingerprint density at radius 3 is 1.77 bits per heavy atom. The molecule has 2 rings (SSSR count). The first-order chi connectivity index (χ1) is 10.3. The van der Waals surface area contributed by atoms with Crippen molar-refractivity contribution in [3.8, 4) is 0 Å². The largest absolute Gasteiger partial charge is 0.380 e. The maximum atomic E-state index is 11.9. The van der Waals surface area contributed by atoms with Crippen LogP contribution < -0.4 is 0 Å². The number of aliphatic hydroxyl groups excluding tert-OH is 1. The molecule has 2 aromatic rings. The minimum absolute atomic E-state index is 0.271. The summed E-state index contributed by atoms with van der Waals surface area (Å²) in [7, 11) is 0. The SMILES string of the molecule is CC(C)(C)OO.O=C(c1ccccc1)C(O)c1ccccc1. The lowest BCUT2D eigenvalue weighted by atomic mass is 10.0. The van der Waals surface area contributed by atoms with Gasteiger partial charge in [0.15, 0.2) is 5.78 Å². The number of carbonyl (C=O) groups is 1. The molecule has 0 fully saturated rings. The predicted octanol–water partition coefficient (Wildman–Crippen LogP) is 3.88. The molecule has 0 bridgehead atoms. The van der Waals surface area contributed by atoms with Gasteiger partial charge < -0.3 is 5.11 Å². The summed E-state index contributed by atoms with van der Waals surface area (Å²) in [5.41, 5.74) is 0.746. The highest BCUT2D eigenvalue weighted by Crippen LogP contribution is 2.17. The summed E-state index contributed by atoms with van der Waals surface area (Å²) in [6.45, 7) is 5.31. The van der Waals surface area contributed by atoms with Crippen LogP contribution in [0.15, 0.2) is 60.7 Å². The summed E-state index contributed by atoms with van der Waals surface area (Å²) < 4.78 is 0. The summed E-state index contributed by atoms with van der Waals surface area (Å²) in [6, 6.07) is 17.7. The number of benzene rings is 2. The molecule has 0 spiro atoms. The number of aliphatic hydroxyl groups is 1. The van der Waals surface area contributed by atoms with E-state index in [4.69, 9.17) is 5.26 Å². The molecule has 0 heterocycles. The third-order valence-corrected chi connectivity index (χ3v) is 2.70. The lowest BCUT2D eigenvalue weighted by Gasteiger charge is -2.10. The molecule has 0 amide bonds. The van der Waals surface area contributed by atoms with Gasteiger partial charge in [-0.15, -0.1) is 0 Å². The van der Waals surface area contributed by atoms with E-state index in [1.165, 1.54) is 0 Å². The molecule has 0 aromatic heterocycles. The van der Waals surface area contributed by atoms with E-state index in [9.17, 15) is 9.90 Å². The van der Waals surface area contributed by atoms with Gasteiger partial charge in [-0.3, -0.25) is 10.1 Å². The van der Waals surface area contributed by atoms with Crippen LogP contribution in [-0.4, -0.2) is 21.7 Å². The van der Waals surface area contributed by atoms with E-state index in [2.05, 4.69) is 4.89 Å². The summed E-state index contributed by atoms with van der Waals surface area (Å²) in [5, 5.41) is 17.8. The van der Waals surface area contributed by atoms with Gasteiger partial charge >= 0.3 is 0 Å². The monoisotopic (exact) mass is 302 g/mol. The molecule has 0 saturated heterocycles. The van der Waals surface area contributed by atoms with E-state index in [0.29, 0.717) is 11.1 Å². The van der Waals surface area contributed by atoms with Gasteiger partial charge in [-0.1, -0.05) is 60.7 Å². The standard InChI is InChI=1S/C14H12O2.C4H10O2/c15-13(11-7-3-1-4-8-11)14(16)12-9-5-2-6-10-12;1-4(2,3)6-5/h1-10,13,15H;5H,1-3H3. The van der Waals surface area contributed by atoms with Gasteiger partial charge in [0.2, 0.25) is 0 Å². The first kappa shape index (κ1) is 18.0. The zero-order valence-corrected chi connectivity index (χ0v) is 13.1. The number of hydrogen-bond acceptors (Lipinski definition) is 4. The van der Waals surface area contributed by atoms with Gasteiger partial charge in [-0.05, 0) is 26.3 Å². The highest BCUT2D eigenvalue weighted by molar-refractivity contribution is 5.99. The topological polar surface area (TPSA) is 66.8 Å². The van der Waals surface area contributed by atoms with Gasteiger partial charge in [0, 0.05) is 5.56 Å². The molecular weight excluding hydrogens is 280 g/mol. The summed E-state index contributed by atoms with van der Waals surface area (Å²) in [4.78, 5) is 15.8. The number of carbonyl (C=O) groups excluding carboxylic acids is 1. The van der Waals surface area contributed by atoms with Crippen molar-refractivity contribution in [2.24, 2.45) is 0 Å². The molecule has 4 nitrogen and oxygen atoms in total. The second-order valence-corrected chi connectivity index (χ2v) is 5.75. The predicted molar refractivity (Wildman–Crippen MR) is 85.6 cm³/mol. The minimum Gasteiger partial charge on any atom is -0.380 e. The highest BCUT2D eigenvalue weighted by atomic mass is 17.1. The average molecular weight is 302 g/mol. The van der Waals surface area contributed by atoms with E-state index in [0.717, 1.165) is 0 Å². The first-order valence-electron chi connectivity index (χ1n) is 7.00. The van der Waals surface area contributed by atoms with Gasteiger partial charge in [-0.2, -0.15) is 0 Å². The molecule has 118 valence electrons. The van der Waals surface area contributed by atoms with E-state index >= 15 is 0 Å². The maximum Gasteiger partial charge on any atom is 0.195 e. The van der Waals surface area contributed by atoms with Gasteiger partial charge in [0.05, 0.1) is 5.60 Å². The van der Waals surface area contributed by atoms with Crippen molar-refractivity contribution in [1.82, 2.24) is 0 Å². The van der Waals surface area contributed by atoms with E-state index in [1.54, 1.807) is 69.3 Å². The zero-order chi connectivity index (χ0) is 16.6. The van der Waals surface area contributed by atoms with E-state index < -0.39 is 11.7 Å². The Labute approximate surface area is 130 Å². The highest BCUT2D eigenvalue weighted by Gasteiger charge is 2.18. The molecule has 1 atom stereocenters. The van der Waals surface area contributed by atoms with Crippen LogP contribution in [0.5, 0.6) is 0 Å². The molecule has 4 heteroatoms. The van der Waals surface area contributed by atoms with Crippen LogP contribution in [-0.2, 0) is 4.89 Å². The molecule has 0 aliphatic carbocycles. The van der Waals surface area contributed by atoms with Crippen molar-refractivity contribution in [2.75, 3.05) is 0 Å². The second kappa shape index (κ2) is 8.44. The lowest BCUT2D eigenvalue weighted by molar-refractivity contribution is -0.306. The quantitative estimate of drug-likeness (QED) is 0.513. The van der Waals surface area contributed by atoms with Gasteiger partial charge in [0.1, 0.15) is 6.10 Å². The van der Waals surface area contributed by atoms with Gasteiger partial charge in [0.25, 0.3) is 0 Å². The molecule has 0 aliphatic heterocycles. The third kappa shape index (κ3) is 6.18. The van der Waals surface area contributed by atoms with Crippen molar-refractivity contribution >= 4 is 5.78 Å². The van der Waals surface area contributed by atoms with Crippen LogP contribution in [0.3, 0.4) is 0 Å². The Morgan fingerprint density at radius 2 is 1.36 bits per heavy atom. The molecule has 0 aliphatic rings. The van der Waals surface area contributed by atoms with Crippen LogP contribution >= 0.6 is 0 Å². The van der Waals surface area contributed by atoms with Crippen LogP contribution in [0.2, 0.25) is 0 Å². The molecule has 22 heavy (non-hydrogen) atoms. The lowest BCUT2D eigenvalue weighted by Crippen LogP contribution is -2.15. The van der Waals surface area contributed by atoms with Crippen molar-refractivity contribution in [2.45, 2.75) is 32.5 Å². The van der Waals surface area contributed by atoms with Crippen molar-refractivity contribution in [1.29, 1.82) is 0 Å². The van der Waals surface area contributed by atoms with Crippen molar-refractivity contribution < 1.29 is 20.0 Å². The Hall–Kier alpha value is -2.01. The molecule has 2 N–H and O–H groups in total. The van der Waals surface area contributed by atoms with Crippen molar-refractivity contribution in [3.63, 3.8) is 0 Å². The van der Waals surface area contributed by atoms with E-state index in [1.807, 2.05) is 12.1 Å². The normalized spacial score (nSPS) is 12.0. The summed E-state index contributed by atoms with van der Waals surface area (Å²) in [6.07, 6.45) is -1.08. The third-order valence-electron chi connectivity index (χ3n) is 2.70. The van der Waals surface area contributed by atoms with Crippen LogP contribution in [0.1, 0.15) is 42.8 Å². The maximum absolute atomic E-state index is 11.9. The Bertz CT molecular complexity index is 559. The first-order valence-corrected chi connectivity index (χ1v) is 7.00. The fourth-order valence-electron chi connectivity index (χ4n) is 1.55. The fraction of sp³-hybridized carbons (Fsp3) is 0.278. The molecule has 0 saturated carbocycles. The molecule has 2 aromatic carbocycles. The number of Topliss-reactive ketones (excluding diaryl/α,β-unsaturated/α-hetero) is 1. The Morgan fingerprint density at radius 1 is 0.955 bits per heavy atom. The fourth-order valence-corrected chi connectivity index (χ4v) is 1.55. The summed E-state index contributed by atoms with van der Waals surface area (Å²) >= 11 is 0. The van der Waals surface area contributed by atoms with Crippen LogP contribution in [0.25, 0.3) is 0 Å². The zero-order valence-electron chi connectivity index (χ0n) is 13.1. The smallest absolute Gasteiger partial charge is 0.195 e. The van der Waals surface area contributed by atoms with Gasteiger partial charge in [-0.25, -0.2) is 4.89 Å². The average Bonchev–Trinajstić information content (AvgIpc) is 2.55.